The monoisotopic (exact) mass is 260 g/mol. The molecule has 104 valence electrons. The lowest BCUT2D eigenvalue weighted by Crippen LogP contribution is -2.39. The zero-order valence-corrected chi connectivity index (χ0v) is 12.4. The first-order chi connectivity index (χ1) is 9.01. The molecule has 1 atom stereocenters. The van der Waals surface area contributed by atoms with Gasteiger partial charge in [0, 0.05) is 32.0 Å². The van der Waals surface area contributed by atoms with E-state index in [0.717, 1.165) is 31.8 Å². The largest absolute Gasteiger partial charge is 0.411 e. The molecule has 1 aromatic carbocycles. The molecule has 0 aromatic heterocycles. The van der Waals surface area contributed by atoms with Gasteiger partial charge < -0.3 is 5.21 Å². The van der Waals surface area contributed by atoms with Gasteiger partial charge in [-0.05, 0) is 37.5 Å². The summed E-state index contributed by atoms with van der Waals surface area (Å²) in [7, 11) is 0. The Hall–Kier alpha value is -1.35. The highest BCUT2D eigenvalue weighted by Gasteiger charge is 2.23. The molecule has 1 aromatic rings. The fourth-order valence-electron chi connectivity index (χ4n) is 3.08. The number of likely N-dealkylation sites (tertiary alicyclic amines) is 1. The molecule has 0 aliphatic carbocycles. The molecular weight excluding hydrogens is 236 g/mol. The first-order valence-corrected chi connectivity index (χ1v) is 7.01. The Kier molecular flexibility index (Phi) is 4.25. The minimum atomic E-state index is 0.352. The normalized spacial score (nSPS) is 22.9. The summed E-state index contributed by atoms with van der Waals surface area (Å²) < 4.78 is 0. The van der Waals surface area contributed by atoms with E-state index in [-0.39, 0.29) is 0 Å². The van der Waals surface area contributed by atoms with Crippen molar-refractivity contribution in [3.05, 3.63) is 34.4 Å². The van der Waals surface area contributed by atoms with E-state index < -0.39 is 0 Å². The number of aryl methyl sites for hydroxylation is 3. The molecule has 1 aliphatic heterocycles. The van der Waals surface area contributed by atoms with Crippen LogP contribution in [0.5, 0.6) is 0 Å². The van der Waals surface area contributed by atoms with Crippen molar-refractivity contribution in [2.24, 2.45) is 11.1 Å². The van der Waals surface area contributed by atoms with Gasteiger partial charge in [-0.2, -0.15) is 0 Å². The maximum Gasteiger partial charge on any atom is 0.0624 e. The molecule has 1 heterocycles. The van der Waals surface area contributed by atoms with Gasteiger partial charge in [-0.3, -0.25) is 4.90 Å². The van der Waals surface area contributed by atoms with Crippen LogP contribution in [-0.4, -0.2) is 28.9 Å². The van der Waals surface area contributed by atoms with Crippen LogP contribution in [0.2, 0.25) is 0 Å². The van der Waals surface area contributed by atoms with Gasteiger partial charge in [0.15, 0.2) is 0 Å². The maximum atomic E-state index is 8.93. The summed E-state index contributed by atoms with van der Waals surface area (Å²) >= 11 is 0. The van der Waals surface area contributed by atoms with Crippen LogP contribution in [0.15, 0.2) is 17.3 Å². The summed E-state index contributed by atoms with van der Waals surface area (Å²) in [6.45, 7) is 11.6. The zero-order chi connectivity index (χ0) is 14.0. The van der Waals surface area contributed by atoms with Gasteiger partial charge in [0.2, 0.25) is 0 Å². The van der Waals surface area contributed by atoms with Gasteiger partial charge in [0.25, 0.3) is 0 Å². The molecule has 0 saturated carbocycles. The molecule has 0 amide bonds. The number of nitrogens with zero attached hydrogens (tertiary/aromatic N) is 2. The average molecular weight is 260 g/mol. The lowest BCUT2D eigenvalue weighted by atomic mass is 9.95. The van der Waals surface area contributed by atoms with Crippen LogP contribution in [-0.2, 0) is 6.54 Å². The molecular formula is C16H24N2O. The second kappa shape index (κ2) is 5.74. The molecule has 1 saturated heterocycles. The number of rotatable bonds is 2. The standard InChI is InChI=1S/C16H24N2O/c1-11-7-12(2)15(13(3)8-11)10-18-6-5-16(17-19)14(4)9-18/h7-8,14,19H,5-6,9-10H2,1-4H3. The van der Waals surface area contributed by atoms with Crippen LogP contribution in [0.4, 0.5) is 0 Å². The Morgan fingerprint density at radius 2 is 1.89 bits per heavy atom. The third-order valence-corrected chi connectivity index (χ3v) is 4.14. The van der Waals surface area contributed by atoms with Crippen LogP contribution in [0, 0.1) is 26.7 Å². The Bertz CT molecular complexity index is 471. The smallest absolute Gasteiger partial charge is 0.0624 e. The highest BCUT2D eigenvalue weighted by molar-refractivity contribution is 5.86. The van der Waals surface area contributed by atoms with E-state index in [4.69, 9.17) is 5.21 Å². The molecule has 1 unspecified atom stereocenters. The minimum Gasteiger partial charge on any atom is -0.411 e. The number of oxime groups is 1. The molecule has 0 spiro atoms. The third kappa shape index (κ3) is 3.16. The summed E-state index contributed by atoms with van der Waals surface area (Å²) in [4.78, 5) is 2.46. The topological polar surface area (TPSA) is 35.8 Å². The van der Waals surface area contributed by atoms with Crippen molar-refractivity contribution in [3.8, 4) is 0 Å². The molecule has 3 nitrogen and oxygen atoms in total. The summed E-state index contributed by atoms with van der Waals surface area (Å²) in [5.41, 5.74) is 6.48. The summed E-state index contributed by atoms with van der Waals surface area (Å²) in [6, 6.07) is 4.52. The van der Waals surface area contributed by atoms with Crippen molar-refractivity contribution < 1.29 is 5.21 Å². The van der Waals surface area contributed by atoms with E-state index in [2.05, 4.69) is 49.9 Å². The molecule has 0 radical (unpaired) electrons. The summed E-state index contributed by atoms with van der Waals surface area (Å²) in [5.74, 6) is 0.352. The van der Waals surface area contributed by atoms with Crippen molar-refractivity contribution in [2.75, 3.05) is 13.1 Å². The summed E-state index contributed by atoms with van der Waals surface area (Å²) in [5, 5.41) is 12.3. The highest BCUT2D eigenvalue weighted by Crippen LogP contribution is 2.21. The number of hydrogen-bond donors (Lipinski definition) is 1. The fraction of sp³-hybridized carbons (Fsp3) is 0.562. The van der Waals surface area contributed by atoms with Gasteiger partial charge in [0.05, 0.1) is 5.71 Å². The lowest BCUT2D eigenvalue weighted by Gasteiger charge is -2.32. The van der Waals surface area contributed by atoms with Gasteiger partial charge >= 0.3 is 0 Å². The van der Waals surface area contributed by atoms with E-state index in [0.29, 0.717) is 5.92 Å². The van der Waals surface area contributed by atoms with E-state index in [1.54, 1.807) is 0 Å². The Labute approximate surface area is 115 Å². The molecule has 2 rings (SSSR count). The van der Waals surface area contributed by atoms with Crippen LogP contribution in [0.3, 0.4) is 0 Å². The second-order valence-corrected chi connectivity index (χ2v) is 5.85. The van der Waals surface area contributed by atoms with Crippen LogP contribution in [0.25, 0.3) is 0 Å². The maximum absolute atomic E-state index is 8.93. The van der Waals surface area contributed by atoms with Gasteiger partial charge in [-0.25, -0.2) is 0 Å². The average Bonchev–Trinajstić information content (AvgIpc) is 2.34. The minimum absolute atomic E-state index is 0.352. The molecule has 0 bridgehead atoms. The Morgan fingerprint density at radius 3 is 2.42 bits per heavy atom. The second-order valence-electron chi connectivity index (χ2n) is 5.85. The van der Waals surface area contributed by atoms with Crippen molar-refractivity contribution >= 4 is 5.71 Å². The molecule has 1 aliphatic rings. The van der Waals surface area contributed by atoms with Gasteiger partial charge in [-0.15, -0.1) is 0 Å². The Balaban J connectivity index is 2.11. The predicted molar refractivity (Wildman–Crippen MR) is 78.9 cm³/mol. The predicted octanol–water partition coefficient (Wildman–Crippen LogP) is 3.28. The van der Waals surface area contributed by atoms with Gasteiger partial charge in [-0.1, -0.05) is 29.8 Å². The van der Waals surface area contributed by atoms with Crippen molar-refractivity contribution in [2.45, 2.75) is 40.7 Å². The van der Waals surface area contributed by atoms with E-state index in [9.17, 15) is 0 Å². The number of hydrogen-bond acceptors (Lipinski definition) is 3. The summed E-state index contributed by atoms with van der Waals surface area (Å²) in [6.07, 6.45) is 0.877. The van der Waals surface area contributed by atoms with E-state index in [1.165, 1.54) is 22.3 Å². The SMILES string of the molecule is Cc1cc(C)c(CN2CCC(=NO)C(C)C2)c(C)c1. The zero-order valence-electron chi connectivity index (χ0n) is 12.4. The van der Waals surface area contributed by atoms with Crippen molar-refractivity contribution in [3.63, 3.8) is 0 Å². The lowest BCUT2D eigenvalue weighted by molar-refractivity contribution is 0.228. The third-order valence-electron chi connectivity index (χ3n) is 4.14. The molecule has 3 heteroatoms. The Morgan fingerprint density at radius 1 is 1.26 bits per heavy atom. The van der Waals surface area contributed by atoms with Crippen LogP contribution in [0.1, 0.15) is 35.6 Å². The number of benzene rings is 1. The van der Waals surface area contributed by atoms with Gasteiger partial charge in [0.1, 0.15) is 0 Å². The van der Waals surface area contributed by atoms with Crippen LogP contribution < -0.4 is 0 Å². The molecule has 19 heavy (non-hydrogen) atoms. The van der Waals surface area contributed by atoms with E-state index in [1.807, 2.05) is 0 Å². The van der Waals surface area contributed by atoms with Crippen molar-refractivity contribution in [1.29, 1.82) is 0 Å². The first kappa shape index (κ1) is 14.1. The van der Waals surface area contributed by atoms with E-state index >= 15 is 0 Å². The highest BCUT2D eigenvalue weighted by atomic mass is 16.4. The number of piperidine rings is 1. The fourth-order valence-corrected chi connectivity index (χ4v) is 3.08. The van der Waals surface area contributed by atoms with Crippen molar-refractivity contribution in [1.82, 2.24) is 4.90 Å². The molecule has 1 fully saturated rings. The molecule has 1 N–H and O–H groups in total. The first-order valence-electron chi connectivity index (χ1n) is 7.01. The van der Waals surface area contributed by atoms with Crippen LogP contribution >= 0.6 is 0 Å². The quantitative estimate of drug-likeness (QED) is 0.654.